The van der Waals surface area contributed by atoms with Gasteiger partial charge in [-0.2, -0.15) is 5.26 Å². The van der Waals surface area contributed by atoms with Crippen molar-refractivity contribution in [1.29, 1.82) is 5.26 Å². The molecule has 124 valence electrons. The van der Waals surface area contributed by atoms with Gasteiger partial charge in [-0.1, -0.05) is 47.3 Å². The van der Waals surface area contributed by atoms with Gasteiger partial charge >= 0.3 is 0 Å². The number of hydrogen-bond acceptors (Lipinski definition) is 3. The van der Waals surface area contributed by atoms with Crippen LogP contribution in [0.2, 0.25) is 10.0 Å². The number of hydrogen-bond donors (Lipinski definition) is 1. The highest BCUT2D eigenvalue weighted by atomic mass is 35.5. The van der Waals surface area contributed by atoms with Gasteiger partial charge in [-0.15, -0.1) is 6.42 Å². The average Bonchev–Trinajstić information content (AvgIpc) is 2.59. The smallest absolute Gasteiger partial charge is 0.266 e. The summed E-state index contributed by atoms with van der Waals surface area (Å²) in [5, 5.41) is 12.5. The fraction of sp³-hybridized carbons (Fsp3) is 0.0526. The maximum atomic E-state index is 12.3. The van der Waals surface area contributed by atoms with E-state index in [1.165, 1.54) is 18.2 Å². The van der Waals surface area contributed by atoms with Gasteiger partial charge in [-0.05, 0) is 30.3 Å². The van der Waals surface area contributed by atoms with Gasteiger partial charge in [-0.25, -0.2) is 0 Å². The van der Waals surface area contributed by atoms with Gasteiger partial charge in [0.25, 0.3) is 5.91 Å². The van der Waals surface area contributed by atoms with E-state index in [0.717, 1.165) is 0 Å². The topological polar surface area (TPSA) is 62.1 Å². The molecule has 2 aromatic rings. The van der Waals surface area contributed by atoms with E-state index in [4.69, 9.17) is 34.4 Å². The van der Waals surface area contributed by atoms with E-state index in [2.05, 4.69) is 11.2 Å². The van der Waals surface area contributed by atoms with Crippen LogP contribution in [0, 0.1) is 23.7 Å². The number of nitrogens with zero attached hydrogens (tertiary/aromatic N) is 1. The third-order valence-corrected chi connectivity index (χ3v) is 3.53. The first kappa shape index (κ1) is 18.4. The SMILES string of the molecule is C#CCOc1c(Cl)cc(Cl)cc1/C=C(\C#N)C(=O)Nc1ccccc1. The Kier molecular flexibility index (Phi) is 6.48. The summed E-state index contributed by atoms with van der Waals surface area (Å²) in [5.41, 5.74) is 0.821. The number of carbonyl (C=O) groups excluding carboxylic acids is 1. The van der Waals surface area contributed by atoms with Crippen molar-refractivity contribution in [2.45, 2.75) is 0 Å². The van der Waals surface area contributed by atoms with E-state index >= 15 is 0 Å². The summed E-state index contributed by atoms with van der Waals surface area (Å²) in [4.78, 5) is 12.3. The molecular formula is C19H12Cl2N2O2. The molecule has 2 rings (SSSR count). The van der Waals surface area contributed by atoms with Gasteiger partial charge in [0.2, 0.25) is 0 Å². The minimum Gasteiger partial charge on any atom is -0.479 e. The van der Waals surface area contributed by atoms with Crippen molar-refractivity contribution in [3.63, 3.8) is 0 Å². The number of terminal acetylenes is 1. The lowest BCUT2D eigenvalue weighted by Gasteiger charge is -2.10. The van der Waals surface area contributed by atoms with E-state index in [0.29, 0.717) is 16.3 Å². The molecule has 0 spiro atoms. The largest absolute Gasteiger partial charge is 0.479 e. The molecule has 0 saturated carbocycles. The van der Waals surface area contributed by atoms with Crippen LogP contribution in [0.1, 0.15) is 5.56 Å². The second kappa shape index (κ2) is 8.80. The molecule has 0 heterocycles. The molecule has 25 heavy (non-hydrogen) atoms. The van der Waals surface area contributed by atoms with Crippen molar-refractivity contribution in [2.75, 3.05) is 11.9 Å². The lowest BCUT2D eigenvalue weighted by atomic mass is 10.1. The lowest BCUT2D eigenvalue weighted by Crippen LogP contribution is -2.13. The Bertz CT molecular complexity index is 894. The third-order valence-electron chi connectivity index (χ3n) is 3.03. The van der Waals surface area contributed by atoms with Crippen LogP contribution in [0.4, 0.5) is 5.69 Å². The maximum Gasteiger partial charge on any atom is 0.266 e. The Morgan fingerprint density at radius 3 is 2.64 bits per heavy atom. The molecular weight excluding hydrogens is 359 g/mol. The van der Waals surface area contributed by atoms with Gasteiger partial charge in [0.05, 0.1) is 5.02 Å². The zero-order valence-corrected chi connectivity index (χ0v) is 14.4. The number of halogens is 2. The fourth-order valence-electron chi connectivity index (χ4n) is 1.98. The number of nitrogens with one attached hydrogen (secondary N) is 1. The molecule has 0 atom stereocenters. The van der Waals surface area contributed by atoms with E-state index in [-0.39, 0.29) is 23.0 Å². The summed E-state index contributed by atoms with van der Waals surface area (Å²) >= 11 is 12.1. The molecule has 0 aliphatic rings. The normalized spacial score (nSPS) is 10.5. The van der Waals surface area contributed by atoms with Crippen molar-refractivity contribution < 1.29 is 9.53 Å². The monoisotopic (exact) mass is 370 g/mol. The molecule has 2 aromatic carbocycles. The van der Waals surface area contributed by atoms with E-state index in [9.17, 15) is 10.1 Å². The molecule has 6 heteroatoms. The van der Waals surface area contributed by atoms with Crippen LogP contribution >= 0.6 is 23.2 Å². The summed E-state index contributed by atoms with van der Waals surface area (Å²) in [5.74, 6) is 2.02. The van der Waals surface area contributed by atoms with Gasteiger partial charge in [0.1, 0.15) is 24.0 Å². The molecule has 4 nitrogen and oxygen atoms in total. The fourth-order valence-corrected chi connectivity index (χ4v) is 2.54. The van der Waals surface area contributed by atoms with Crippen LogP contribution in [-0.2, 0) is 4.79 Å². The third kappa shape index (κ3) is 5.02. The standard InChI is InChI=1S/C19H12Cl2N2O2/c1-2-8-25-18-13(10-15(20)11-17(18)21)9-14(12-22)19(24)23-16-6-4-3-5-7-16/h1,3-7,9-11H,8H2,(H,23,24)/b14-9+. The highest BCUT2D eigenvalue weighted by Crippen LogP contribution is 2.34. The second-order valence-electron chi connectivity index (χ2n) is 4.79. The predicted molar refractivity (Wildman–Crippen MR) is 99.5 cm³/mol. The van der Waals surface area contributed by atoms with Crippen molar-refractivity contribution in [2.24, 2.45) is 0 Å². The Morgan fingerprint density at radius 2 is 2.00 bits per heavy atom. The van der Waals surface area contributed by atoms with Gasteiger partial charge < -0.3 is 10.1 Å². The summed E-state index contributed by atoms with van der Waals surface area (Å²) in [6.07, 6.45) is 6.54. The number of rotatable bonds is 5. The Balaban J connectivity index is 2.37. The molecule has 0 aliphatic carbocycles. The summed E-state index contributed by atoms with van der Waals surface area (Å²) in [7, 11) is 0. The van der Waals surface area contributed by atoms with Crippen molar-refractivity contribution in [1.82, 2.24) is 0 Å². The molecule has 0 radical (unpaired) electrons. The first-order valence-electron chi connectivity index (χ1n) is 7.08. The lowest BCUT2D eigenvalue weighted by molar-refractivity contribution is -0.112. The highest BCUT2D eigenvalue weighted by molar-refractivity contribution is 6.36. The highest BCUT2D eigenvalue weighted by Gasteiger charge is 2.14. The Hall–Kier alpha value is -2.92. The molecule has 1 N–H and O–H groups in total. The number of ether oxygens (including phenoxy) is 1. The second-order valence-corrected chi connectivity index (χ2v) is 5.63. The predicted octanol–water partition coefficient (Wildman–Crippen LogP) is 4.55. The van der Waals surface area contributed by atoms with Crippen molar-refractivity contribution >= 4 is 40.9 Å². The van der Waals surface area contributed by atoms with Crippen LogP contribution in [-0.4, -0.2) is 12.5 Å². The van der Waals surface area contributed by atoms with Crippen molar-refractivity contribution in [3.05, 3.63) is 63.6 Å². The average molecular weight is 371 g/mol. The van der Waals surface area contributed by atoms with Gasteiger partial charge in [0, 0.05) is 16.3 Å². The quantitative estimate of drug-likeness (QED) is 0.477. The van der Waals surface area contributed by atoms with Crippen LogP contribution in [0.3, 0.4) is 0 Å². The van der Waals surface area contributed by atoms with Crippen LogP contribution in [0.25, 0.3) is 6.08 Å². The Morgan fingerprint density at radius 1 is 1.28 bits per heavy atom. The molecule has 0 saturated heterocycles. The minimum absolute atomic E-state index is 0.0136. The first-order valence-corrected chi connectivity index (χ1v) is 7.84. The molecule has 0 aliphatic heterocycles. The summed E-state index contributed by atoms with van der Waals surface area (Å²) < 4.78 is 5.40. The van der Waals surface area contributed by atoms with E-state index in [1.54, 1.807) is 24.3 Å². The molecule has 1 amide bonds. The zero-order valence-electron chi connectivity index (χ0n) is 12.9. The number of carbonyl (C=O) groups is 1. The summed E-state index contributed by atoms with van der Waals surface area (Å²) in [6.45, 7) is -0.0136. The van der Waals surface area contributed by atoms with E-state index < -0.39 is 5.91 Å². The van der Waals surface area contributed by atoms with Crippen LogP contribution < -0.4 is 10.1 Å². The number of benzene rings is 2. The molecule has 0 aromatic heterocycles. The minimum atomic E-state index is -0.562. The van der Waals surface area contributed by atoms with Gasteiger partial charge in [0.15, 0.2) is 0 Å². The van der Waals surface area contributed by atoms with E-state index in [1.807, 2.05) is 12.1 Å². The number of anilines is 1. The molecule has 0 fully saturated rings. The zero-order chi connectivity index (χ0) is 18.2. The Labute approximate surface area is 155 Å². The van der Waals surface area contributed by atoms with Crippen LogP contribution in [0.15, 0.2) is 48.0 Å². The number of amides is 1. The van der Waals surface area contributed by atoms with Crippen LogP contribution in [0.5, 0.6) is 5.75 Å². The van der Waals surface area contributed by atoms with Crippen molar-refractivity contribution in [3.8, 4) is 24.2 Å². The van der Waals surface area contributed by atoms with Gasteiger partial charge in [-0.3, -0.25) is 4.79 Å². The number of nitriles is 1. The first-order chi connectivity index (χ1) is 12.0. The summed E-state index contributed by atoms with van der Waals surface area (Å²) in [6, 6.07) is 13.7. The molecule has 0 unspecified atom stereocenters. The molecule has 0 bridgehead atoms. The number of para-hydroxylation sites is 1. The maximum absolute atomic E-state index is 12.3.